The molecule has 2 N–H and O–H groups in total. The largest absolute Gasteiger partial charge is 0.756 e. The van der Waals surface area contributed by atoms with E-state index in [0.29, 0.717) is 17.4 Å². The minimum Gasteiger partial charge on any atom is -0.756 e. The van der Waals surface area contributed by atoms with Crippen LogP contribution in [-0.2, 0) is 18.4 Å². The number of hydrogen-bond acceptors (Lipinski definition) is 6. The van der Waals surface area contributed by atoms with Gasteiger partial charge in [-0.1, -0.05) is 322 Å². The van der Waals surface area contributed by atoms with Gasteiger partial charge in [-0.05, 0) is 96.3 Å². The predicted molar refractivity (Wildman–Crippen MR) is 371 cm³/mol. The van der Waals surface area contributed by atoms with Gasteiger partial charge in [0.15, 0.2) is 0 Å². The molecule has 490 valence electrons. The van der Waals surface area contributed by atoms with Crippen LogP contribution in [0.4, 0.5) is 0 Å². The molecule has 3 unspecified atom stereocenters. The molecule has 0 aromatic rings. The number of carbonyl (C=O) groups is 1. The van der Waals surface area contributed by atoms with Crippen molar-refractivity contribution in [3.05, 3.63) is 122 Å². The van der Waals surface area contributed by atoms with Crippen molar-refractivity contribution < 1.29 is 32.9 Å². The number of rotatable bonds is 64. The number of allylic oxidation sites excluding steroid dienone is 19. The highest BCUT2D eigenvalue weighted by Crippen LogP contribution is 2.38. The first-order chi connectivity index (χ1) is 41.5. The highest BCUT2D eigenvalue weighted by atomic mass is 31.2. The average molecular weight is 1200 g/mol. The lowest BCUT2D eigenvalue weighted by atomic mass is 10.0. The van der Waals surface area contributed by atoms with Crippen molar-refractivity contribution in [3.63, 3.8) is 0 Å². The predicted octanol–water partition coefficient (Wildman–Crippen LogP) is 22.2. The maximum absolute atomic E-state index is 13.0. The summed E-state index contributed by atoms with van der Waals surface area (Å²) in [6.07, 6.45) is 97.5. The summed E-state index contributed by atoms with van der Waals surface area (Å²) in [7, 11) is 1.23. The molecule has 8 nitrogen and oxygen atoms in total. The zero-order valence-corrected chi connectivity index (χ0v) is 56.9. The van der Waals surface area contributed by atoms with Gasteiger partial charge in [0.05, 0.1) is 39.9 Å². The Morgan fingerprint density at radius 2 is 0.729 bits per heavy atom. The minimum atomic E-state index is -4.62. The summed E-state index contributed by atoms with van der Waals surface area (Å²) < 4.78 is 23.4. The molecule has 0 saturated heterocycles. The fourth-order valence-electron chi connectivity index (χ4n) is 9.95. The van der Waals surface area contributed by atoms with Crippen molar-refractivity contribution in [1.82, 2.24) is 5.32 Å². The summed E-state index contributed by atoms with van der Waals surface area (Å²) in [5, 5.41) is 13.9. The number of phosphoric acid groups is 1. The molecule has 1 amide bonds. The van der Waals surface area contributed by atoms with Gasteiger partial charge in [0.2, 0.25) is 5.91 Å². The average Bonchev–Trinajstić information content (AvgIpc) is 3.48. The van der Waals surface area contributed by atoms with Gasteiger partial charge in [0, 0.05) is 6.42 Å². The van der Waals surface area contributed by atoms with Gasteiger partial charge < -0.3 is 28.8 Å². The highest BCUT2D eigenvalue weighted by Gasteiger charge is 2.23. The number of carbonyl (C=O) groups excluding carboxylic acids is 1. The second-order valence-electron chi connectivity index (χ2n) is 24.8. The molecule has 0 rings (SSSR count). The highest BCUT2D eigenvalue weighted by molar-refractivity contribution is 7.45. The van der Waals surface area contributed by atoms with Crippen molar-refractivity contribution in [2.75, 3.05) is 40.9 Å². The van der Waals surface area contributed by atoms with Crippen molar-refractivity contribution in [1.29, 1.82) is 0 Å². The number of phosphoric ester groups is 1. The number of likely N-dealkylation sites (N-methyl/N-ethyl adjacent to an activating group) is 1. The lowest BCUT2D eigenvalue weighted by molar-refractivity contribution is -0.870. The van der Waals surface area contributed by atoms with E-state index >= 15 is 0 Å². The normalized spacial score (nSPS) is 14.4. The lowest BCUT2D eigenvalue weighted by Crippen LogP contribution is -2.45. The van der Waals surface area contributed by atoms with Crippen molar-refractivity contribution in [2.24, 2.45) is 0 Å². The Kier molecular flexibility index (Phi) is 63.0. The van der Waals surface area contributed by atoms with Crippen molar-refractivity contribution >= 4 is 13.7 Å². The fraction of sp³-hybridized carbons (Fsp3) is 0.724. The molecule has 0 aliphatic carbocycles. The van der Waals surface area contributed by atoms with Crippen LogP contribution >= 0.6 is 7.82 Å². The second kappa shape index (κ2) is 65.3. The van der Waals surface area contributed by atoms with Crippen LogP contribution in [0.15, 0.2) is 122 Å². The molecule has 0 aromatic heterocycles. The van der Waals surface area contributed by atoms with Crippen LogP contribution in [0.25, 0.3) is 0 Å². The Morgan fingerprint density at radius 1 is 0.424 bits per heavy atom. The Labute approximate surface area is 526 Å². The van der Waals surface area contributed by atoms with Crippen LogP contribution in [0.1, 0.15) is 303 Å². The molecule has 0 heterocycles. The number of aliphatic hydroxyl groups is 1. The zero-order chi connectivity index (χ0) is 61.9. The monoisotopic (exact) mass is 1200 g/mol. The first kappa shape index (κ1) is 81.9. The maximum atomic E-state index is 13.0. The SMILES string of the molecule is CC/C=C\C/C=C\C/C=C\C/C=C\C/C=C\C/C=C\C/C=C\C/C=C\CCCCCCCCCCCCC(=O)NC(COP(=O)([O-])OCC[N+](C)(C)C)C(O)/C=C/CC/C=C/CCCCCCCCCCCCCCCCCCCCCCCC. The van der Waals surface area contributed by atoms with E-state index in [1.165, 1.54) is 186 Å². The van der Waals surface area contributed by atoms with Gasteiger partial charge in [-0.2, -0.15) is 0 Å². The summed E-state index contributed by atoms with van der Waals surface area (Å²) in [5.74, 6) is -0.214. The summed E-state index contributed by atoms with van der Waals surface area (Å²) in [4.78, 5) is 25.6. The fourth-order valence-corrected chi connectivity index (χ4v) is 10.7. The number of quaternary nitrogens is 1. The standard InChI is InChI=1S/C76H135N2O6P/c1-6-8-10-12-14-16-18-20-22-24-26-28-30-32-34-36-37-38-39-40-41-42-44-46-48-50-52-54-56-58-60-62-64-66-68-70-76(80)77-74(73-84-85(81,82)83-72-71-78(3,4)5)75(79)69-67-65-63-61-59-57-55-53-51-49-47-45-43-35-33-31-29-27-25-23-21-19-17-15-13-11-9-7-2/h8,10,14,16,20,22,26,28,32,34,37-38,40-41,44,46,59,61,67,69,74-75,79H,6-7,9,11-13,15,17-19,21,23-25,27,29-31,33,35-36,39,42-43,45,47-58,60,62-66,68,70-73H2,1-5H3,(H-,77,80,81,82)/b10-8-,16-14-,22-20-,28-26-,34-32-,38-37-,41-40-,46-44-,61-59+,69-67+. The van der Waals surface area contributed by atoms with Crippen LogP contribution in [0.5, 0.6) is 0 Å². The van der Waals surface area contributed by atoms with Gasteiger partial charge in [0.25, 0.3) is 7.82 Å². The molecular formula is C76H135N2O6P. The van der Waals surface area contributed by atoms with E-state index in [1.807, 2.05) is 27.2 Å². The summed E-state index contributed by atoms with van der Waals surface area (Å²) in [5.41, 5.74) is 0. The van der Waals surface area contributed by atoms with Crippen LogP contribution in [-0.4, -0.2) is 68.5 Å². The molecule has 0 saturated carbocycles. The molecular weight excluding hydrogens is 1070 g/mol. The first-order valence-electron chi connectivity index (χ1n) is 35.4. The van der Waals surface area contributed by atoms with E-state index in [2.05, 4.69) is 129 Å². The third-order valence-electron chi connectivity index (χ3n) is 15.4. The number of aliphatic hydroxyl groups excluding tert-OH is 1. The van der Waals surface area contributed by atoms with Crippen LogP contribution in [0.2, 0.25) is 0 Å². The molecule has 0 bridgehead atoms. The van der Waals surface area contributed by atoms with E-state index in [4.69, 9.17) is 9.05 Å². The lowest BCUT2D eigenvalue weighted by Gasteiger charge is -2.29. The topological polar surface area (TPSA) is 108 Å². The molecule has 9 heteroatoms. The molecule has 0 aliphatic rings. The summed E-state index contributed by atoms with van der Waals surface area (Å²) in [6.45, 7) is 4.53. The Bertz CT molecular complexity index is 1800. The molecule has 0 aromatic carbocycles. The van der Waals surface area contributed by atoms with Gasteiger partial charge in [-0.15, -0.1) is 0 Å². The minimum absolute atomic E-state index is 0.0124. The summed E-state index contributed by atoms with van der Waals surface area (Å²) >= 11 is 0. The van der Waals surface area contributed by atoms with Crippen molar-refractivity contribution in [3.8, 4) is 0 Å². The van der Waals surface area contributed by atoms with E-state index in [1.54, 1.807) is 6.08 Å². The van der Waals surface area contributed by atoms with Gasteiger partial charge in [0.1, 0.15) is 13.2 Å². The van der Waals surface area contributed by atoms with E-state index in [-0.39, 0.29) is 12.5 Å². The number of nitrogens with one attached hydrogen (secondary N) is 1. The van der Waals surface area contributed by atoms with E-state index < -0.39 is 26.6 Å². The number of nitrogens with zero attached hydrogens (tertiary/aromatic N) is 1. The second-order valence-corrected chi connectivity index (χ2v) is 26.3. The molecule has 0 spiro atoms. The summed E-state index contributed by atoms with van der Waals surface area (Å²) in [6, 6.07) is -0.916. The molecule has 0 radical (unpaired) electrons. The van der Waals surface area contributed by atoms with Crippen LogP contribution in [0.3, 0.4) is 0 Å². The maximum Gasteiger partial charge on any atom is 0.268 e. The smallest absolute Gasteiger partial charge is 0.268 e. The molecule has 0 fully saturated rings. The Hall–Kier alpha value is -3.10. The number of amides is 1. The molecule has 85 heavy (non-hydrogen) atoms. The zero-order valence-electron chi connectivity index (χ0n) is 56.0. The van der Waals surface area contributed by atoms with Gasteiger partial charge in [-0.25, -0.2) is 0 Å². The first-order valence-corrected chi connectivity index (χ1v) is 36.9. The van der Waals surface area contributed by atoms with Gasteiger partial charge >= 0.3 is 0 Å². The van der Waals surface area contributed by atoms with Gasteiger partial charge in [-0.3, -0.25) is 9.36 Å². The third kappa shape index (κ3) is 68.3. The number of hydrogen-bond donors (Lipinski definition) is 2. The quantitative estimate of drug-likeness (QED) is 0.0272. The van der Waals surface area contributed by atoms with E-state index in [0.717, 1.165) is 96.3 Å². The molecule has 3 atom stereocenters. The Morgan fingerprint density at radius 3 is 1.09 bits per heavy atom. The van der Waals surface area contributed by atoms with Crippen molar-refractivity contribution in [2.45, 2.75) is 315 Å². The Balaban J connectivity index is 4.16. The van der Waals surface area contributed by atoms with Crippen LogP contribution < -0.4 is 10.2 Å². The number of unbranched alkanes of at least 4 members (excludes halogenated alkanes) is 33. The van der Waals surface area contributed by atoms with Crippen LogP contribution in [0, 0.1) is 0 Å². The third-order valence-corrected chi connectivity index (χ3v) is 16.4. The molecule has 0 aliphatic heterocycles. The van der Waals surface area contributed by atoms with E-state index in [9.17, 15) is 19.4 Å².